The lowest BCUT2D eigenvalue weighted by molar-refractivity contribution is 0.510. The molecule has 1 aromatic heterocycles. The van der Waals surface area contributed by atoms with Crippen molar-refractivity contribution < 1.29 is 4.42 Å². The molecule has 3 aromatic rings. The van der Waals surface area contributed by atoms with E-state index in [1.807, 2.05) is 6.07 Å². The molecule has 1 atom stereocenters. The molecule has 0 aliphatic rings. The van der Waals surface area contributed by atoms with Crippen LogP contribution in [0.4, 0.5) is 0 Å². The summed E-state index contributed by atoms with van der Waals surface area (Å²) in [4.78, 5) is 0. The van der Waals surface area contributed by atoms with Crippen LogP contribution in [0.3, 0.4) is 0 Å². The zero-order valence-corrected chi connectivity index (χ0v) is 12.2. The lowest BCUT2D eigenvalue weighted by Crippen LogP contribution is -1.97. The van der Waals surface area contributed by atoms with Crippen LogP contribution in [-0.4, -0.2) is 0 Å². The van der Waals surface area contributed by atoms with E-state index in [9.17, 15) is 0 Å². The Hall–Kier alpha value is -1.73. The topological polar surface area (TPSA) is 13.1 Å². The van der Waals surface area contributed by atoms with Gasteiger partial charge in [-0.25, -0.2) is 0 Å². The third kappa shape index (κ3) is 2.59. The van der Waals surface area contributed by atoms with E-state index >= 15 is 0 Å². The molecule has 0 fully saturated rings. The molecule has 2 aromatic carbocycles. The van der Waals surface area contributed by atoms with E-state index in [4.69, 9.17) is 16.0 Å². The summed E-state index contributed by atoms with van der Waals surface area (Å²) in [5, 5.41) is 2.49. The van der Waals surface area contributed by atoms with Gasteiger partial charge in [0, 0.05) is 12.0 Å². The lowest BCUT2D eigenvalue weighted by atomic mass is 10.0. The first-order valence-corrected chi connectivity index (χ1v) is 7.39. The van der Waals surface area contributed by atoms with Gasteiger partial charge in [-0.15, -0.1) is 11.6 Å². The Morgan fingerprint density at radius 3 is 2.65 bits per heavy atom. The summed E-state index contributed by atoms with van der Waals surface area (Å²) in [7, 11) is 0. The van der Waals surface area contributed by atoms with Gasteiger partial charge in [-0.05, 0) is 28.8 Å². The third-order valence-corrected chi connectivity index (χ3v) is 4.06. The van der Waals surface area contributed by atoms with Crippen molar-refractivity contribution in [2.24, 2.45) is 0 Å². The fourth-order valence-electron chi connectivity index (χ4n) is 2.60. The molecule has 0 saturated carbocycles. The van der Waals surface area contributed by atoms with Crippen LogP contribution in [0, 0.1) is 0 Å². The minimum absolute atomic E-state index is 0.0372. The average Bonchev–Trinajstić information content (AvgIpc) is 2.95. The molecule has 2 heteroatoms. The first-order valence-electron chi connectivity index (χ1n) is 6.96. The highest BCUT2D eigenvalue weighted by Gasteiger charge is 2.15. The number of aryl methyl sites for hydroxylation is 1. The van der Waals surface area contributed by atoms with Crippen LogP contribution in [0.15, 0.2) is 59.2 Å². The molecule has 0 N–H and O–H groups in total. The van der Waals surface area contributed by atoms with Crippen molar-refractivity contribution in [1.29, 1.82) is 0 Å². The molecule has 1 nitrogen and oxygen atoms in total. The molecule has 0 radical (unpaired) electrons. The normalized spacial score (nSPS) is 12.7. The van der Waals surface area contributed by atoms with E-state index in [0.29, 0.717) is 0 Å². The molecular formula is C18H17ClO. The molecule has 0 aliphatic carbocycles. The van der Waals surface area contributed by atoms with E-state index in [2.05, 4.69) is 49.4 Å². The van der Waals surface area contributed by atoms with Gasteiger partial charge in [0.2, 0.25) is 0 Å². The fourth-order valence-corrected chi connectivity index (χ4v) is 2.97. The average molecular weight is 285 g/mol. The standard InChI is InChI=1S/C18H17ClO/c1-2-18-16(9-10-20-18)17(19)12-13-7-8-14-5-3-4-6-15(14)11-13/h3-11,17H,2,12H2,1H3. The van der Waals surface area contributed by atoms with Crippen LogP contribution in [0.25, 0.3) is 10.8 Å². The molecule has 0 spiro atoms. The quantitative estimate of drug-likeness (QED) is 0.575. The summed E-state index contributed by atoms with van der Waals surface area (Å²) in [6.45, 7) is 2.09. The van der Waals surface area contributed by atoms with Crippen molar-refractivity contribution in [3.63, 3.8) is 0 Å². The highest BCUT2D eigenvalue weighted by Crippen LogP contribution is 2.30. The third-order valence-electron chi connectivity index (χ3n) is 3.67. The number of fused-ring (bicyclic) bond motifs is 1. The Balaban J connectivity index is 1.85. The second kappa shape index (κ2) is 5.72. The van der Waals surface area contributed by atoms with Crippen molar-refractivity contribution in [1.82, 2.24) is 0 Å². The predicted molar refractivity (Wildman–Crippen MR) is 84.3 cm³/mol. The summed E-state index contributed by atoms with van der Waals surface area (Å²) in [5.74, 6) is 0.991. The van der Waals surface area contributed by atoms with Crippen molar-refractivity contribution in [3.05, 3.63) is 71.7 Å². The zero-order valence-electron chi connectivity index (χ0n) is 11.5. The maximum atomic E-state index is 6.56. The fraction of sp³-hybridized carbons (Fsp3) is 0.222. The number of benzene rings is 2. The SMILES string of the molecule is CCc1occc1C(Cl)Cc1ccc2ccccc2c1. The highest BCUT2D eigenvalue weighted by molar-refractivity contribution is 6.21. The largest absolute Gasteiger partial charge is 0.469 e. The first-order chi connectivity index (χ1) is 9.78. The number of rotatable bonds is 4. The molecule has 3 rings (SSSR count). The zero-order chi connectivity index (χ0) is 13.9. The molecule has 102 valence electrons. The van der Waals surface area contributed by atoms with Gasteiger partial charge in [0.05, 0.1) is 11.6 Å². The van der Waals surface area contributed by atoms with Crippen molar-refractivity contribution in [2.75, 3.05) is 0 Å². The number of halogens is 1. The molecule has 20 heavy (non-hydrogen) atoms. The van der Waals surface area contributed by atoms with Gasteiger partial charge in [-0.1, -0.05) is 49.4 Å². The number of hydrogen-bond donors (Lipinski definition) is 0. The van der Waals surface area contributed by atoms with Gasteiger partial charge in [-0.3, -0.25) is 0 Å². The molecule has 1 unspecified atom stereocenters. The second-order valence-corrected chi connectivity index (χ2v) is 5.53. The number of alkyl halides is 1. The monoisotopic (exact) mass is 284 g/mol. The van der Waals surface area contributed by atoms with Crippen molar-refractivity contribution >= 4 is 22.4 Å². The van der Waals surface area contributed by atoms with Gasteiger partial charge in [0.25, 0.3) is 0 Å². The Morgan fingerprint density at radius 1 is 1.05 bits per heavy atom. The molecule has 0 aliphatic heterocycles. The van der Waals surface area contributed by atoms with Gasteiger partial charge in [-0.2, -0.15) is 0 Å². The Labute approximate surface area is 124 Å². The molecule has 0 bridgehead atoms. The summed E-state index contributed by atoms with van der Waals surface area (Å²) in [6, 6.07) is 16.9. The van der Waals surface area contributed by atoms with Crippen LogP contribution in [-0.2, 0) is 12.8 Å². The van der Waals surface area contributed by atoms with Gasteiger partial charge in [0.1, 0.15) is 5.76 Å². The number of hydrogen-bond acceptors (Lipinski definition) is 1. The smallest absolute Gasteiger partial charge is 0.108 e. The number of furan rings is 1. The Morgan fingerprint density at radius 2 is 1.85 bits per heavy atom. The van der Waals surface area contributed by atoms with Gasteiger partial charge < -0.3 is 4.42 Å². The second-order valence-electron chi connectivity index (χ2n) is 5.01. The van der Waals surface area contributed by atoms with Crippen LogP contribution >= 0.6 is 11.6 Å². The Bertz CT molecular complexity index is 714. The van der Waals surface area contributed by atoms with E-state index in [-0.39, 0.29) is 5.38 Å². The van der Waals surface area contributed by atoms with Crippen LogP contribution < -0.4 is 0 Å². The summed E-state index contributed by atoms with van der Waals surface area (Å²) >= 11 is 6.56. The highest BCUT2D eigenvalue weighted by atomic mass is 35.5. The van der Waals surface area contributed by atoms with E-state index < -0.39 is 0 Å². The Kier molecular flexibility index (Phi) is 3.79. The van der Waals surface area contributed by atoms with E-state index in [1.54, 1.807) is 6.26 Å². The van der Waals surface area contributed by atoms with E-state index in [0.717, 1.165) is 24.2 Å². The molecule has 1 heterocycles. The van der Waals surface area contributed by atoms with E-state index in [1.165, 1.54) is 16.3 Å². The summed E-state index contributed by atoms with van der Waals surface area (Å²) in [6.07, 6.45) is 3.42. The summed E-state index contributed by atoms with van der Waals surface area (Å²) in [5.41, 5.74) is 2.37. The maximum Gasteiger partial charge on any atom is 0.108 e. The minimum atomic E-state index is -0.0372. The first kappa shape index (κ1) is 13.3. The van der Waals surface area contributed by atoms with Crippen molar-refractivity contribution in [2.45, 2.75) is 25.1 Å². The van der Waals surface area contributed by atoms with Gasteiger partial charge >= 0.3 is 0 Å². The van der Waals surface area contributed by atoms with Crippen LogP contribution in [0.5, 0.6) is 0 Å². The lowest BCUT2D eigenvalue weighted by Gasteiger charge is -2.10. The molecule has 0 amide bonds. The van der Waals surface area contributed by atoms with Crippen molar-refractivity contribution in [3.8, 4) is 0 Å². The van der Waals surface area contributed by atoms with Gasteiger partial charge in [0.15, 0.2) is 0 Å². The minimum Gasteiger partial charge on any atom is -0.469 e. The summed E-state index contributed by atoms with van der Waals surface area (Å²) < 4.78 is 5.46. The maximum absolute atomic E-state index is 6.56. The molecular weight excluding hydrogens is 268 g/mol. The predicted octanol–water partition coefficient (Wildman–Crippen LogP) is 5.52. The van der Waals surface area contributed by atoms with Crippen LogP contribution in [0.2, 0.25) is 0 Å². The molecule has 0 saturated heterocycles. The van der Waals surface area contributed by atoms with Crippen LogP contribution in [0.1, 0.15) is 29.2 Å².